The van der Waals surface area contributed by atoms with E-state index in [1.165, 1.54) is 18.3 Å². The van der Waals surface area contributed by atoms with Gasteiger partial charge in [-0.05, 0) is 36.8 Å². The Labute approximate surface area is 118 Å². The van der Waals surface area contributed by atoms with E-state index in [0.717, 1.165) is 11.6 Å². The van der Waals surface area contributed by atoms with E-state index < -0.39 is 11.7 Å². The molecule has 3 nitrogen and oxygen atoms in total. The number of alkyl halides is 3. The normalized spacial score (nSPS) is 11.4. The summed E-state index contributed by atoms with van der Waals surface area (Å²) in [5, 5.41) is 2.59. The highest BCUT2D eigenvalue weighted by Gasteiger charge is 2.34. The van der Waals surface area contributed by atoms with Crippen molar-refractivity contribution in [2.45, 2.75) is 13.1 Å². The Morgan fingerprint density at radius 1 is 1.25 bits per heavy atom. The number of halogens is 4. The second-order valence-corrected chi connectivity index (χ2v) is 4.70. The van der Waals surface area contributed by atoms with E-state index in [1.54, 1.807) is 13.0 Å². The number of hydrogen-bond donors (Lipinski definition) is 2. The number of hydrogen-bond acceptors (Lipinski definition) is 3. The fraction of sp³-hybridized carbons (Fsp3) is 0.154. The predicted molar refractivity (Wildman–Crippen MR) is 73.1 cm³/mol. The minimum atomic E-state index is -4.52. The lowest BCUT2D eigenvalue weighted by Crippen LogP contribution is -2.10. The summed E-state index contributed by atoms with van der Waals surface area (Å²) < 4.78 is 38.8. The second-order valence-electron chi connectivity index (χ2n) is 4.26. The van der Waals surface area contributed by atoms with Crippen LogP contribution in [-0.4, -0.2) is 4.98 Å². The smallest absolute Gasteiger partial charge is 0.396 e. The first-order chi connectivity index (χ1) is 9.27. The van der Waals surface area contributed by atoms with Crippen LogP contribution in [0.5, 0.6) is 0 Å². The predicted octanol–water partition coefficient (Wildman–Crippen LogP) is 4.39. The molecular formula is C13H11ClF3N3. The van der Waals surface area contributed by atoms with Crippen LogP contribution in [0.15, 0.2) is 30.5 Å². The maximum atomic E-state index is 12.9. The maximum absolute atomic E-state index is 12.9. The lowest BCUT2D eigenvalue weighted by atomic mass is 10.1. The van der Waals surface area contributed by atoms with E-state index in [4.69, 9.17) is 17.3 Å². The Bertz CT molecular complexity index is 641. The van der Waals surface area contributed by atoms with Crippen LogP contribution in [0.2, 0.25) is 5.02 Å². The summed E-state index contributed by atoms with van der Waals surface area (Å²) in [5.74, 6) is 0.170. The Morgan fingerprint density at radius 3 is 2.55 bits per heavy atom. The molecule has 7 heteroatoms. The van der Waals surface area contributed by atoms with Crippen molar-refractivity contribution in [2.24, 2.45) is 0 Å². The SMILES string of the molecule is Cc1cnc(Nc2ccc(Cl)cc2C(F)(F)F)c(N)c1. The Balaban J connectivity index is 2.43. The van der Waals surface area contributed by atoms with Gasteiger partial charge in [0.1, 0.15) is 0 Å². The molecular weight excluding hydrogens is 291 g/mol. The molecule has 0 amide bonds. The highest BCUT2D eigenvalue weighted by atomic mass is 35.5. The highest BCUT2D eigenvalue weighted by Crippen LogP contribution is 2.38. The third-order valence-electron chi connectivity index (χ3n) is 2.59. The molecule has 3 N–H and O–H groups in total. The topological polar surface area (TPSA) is 50.9 Å². The van der Waals surface area contributed by atoms with Crippen LogP contribution in [0.25, 0.3) is 0 Å². The van der Waals surface area contributed by atoms with Gasteiger partial charge in [-0.3, -0.25) is 0 Å². The molecule has 1 aromatic heterocycles. The van der Waals surface area contributed by atoms with Crippen molar-refractivity contribution in [1.82, 2.24) is 4.98 Å². The van der Waals surface area contributed by atoms with E-state index >= 15 is 0 Å². The second kappa shape index (κ2) is 5.20. The summed E-state index contributed by atoms with van der Waals surface area (Å²) in [6, 6.07) is 5.09. The van der Waals surface area contributed by atoms with Gasteiger partial charge in [-0.15, -0.1) is 0 Å². The summed E-state index contributed by atoms with van der Waals surface area (Å²) in [5.41, 5.74) is 5.80. The zero-order valence-corrected chi connectivity index (χ0v) is 11.2. The molecule has 0 saturated heterocycles. The molecule has 2 aromatic rings. The molecule has 1 aromatic carbocycles. The van der Waals surface area contributed by atoms with Crippen molar-refractivity contribution in [3.63, 3.8) is 0 Å². The van der Waals surface area contributed by atoms with Gasteiger partial charge in [0.2, 0.25) is 0 Å². The van der Waals surface area contributed by atoms with Gasteiger partial charge in [-0.25, -0.2) is 4.98 Å². The van der Waals surface area contributed by atoms with Crippen molar-refractivity contribution in [2.75, 3.05) is 11.1 Å². The summed E-state index contributed by atoms with van der Waals surface area (Å²) >= 11 is 5.61. The van der Waals surface area contributed by atoms with E-state index in [0.29, 0.717) is 0 Å². The van der Waals surface area contributed by atoms with Crippen LogP contribution in [0.3, 0.4) is 0 Å². The molecule has 106 valence electrons. The molecule has 0 spiro atoms. The number of aryl methyl sites for hydroxylation is 1. The van der Waals surface area contributed by atoms with Crippen molar-refractivity contribution >= 4 is 28.8 Å². The fourth-order valence-electron chi connectivity index (χ4n) is 1.68. The number of nitrogen functional groups attached to an aromatic ring is 1. The number of nitrogens with two attached hydrogens (primary N) is 1. The monoisotopic (exact) mass is 301 g/mol. The fourth-order valence-corrected chi connectivity index (χ4v) is 1.86. The molecule has 0 bridgehead atoms. The first kappa shape index (κ1) is 14.5. The van der Waals surface area contributed by atoms with E-state index in [9.17, 15) is 13.2 Å². The van der Waals surface area contributed by atoms with Crippen LogP contribution in [-0.2, 0) is 6.18 Å². The molecule has 0 aliphatic carbocycles. The number of pyridine rings is 1. The molecule has 0 unspecified atom stereocenters. The van der Waals surface area contributed by atoms with E-state index in [-0.39, 0.29) is 22.2 Å². The van der Waals surface area contributed by atoms with Gasteiger partial charge in [-0.2, -0.15) is 13.2 Å². The average molecular weight is 302 g/mol. The van der Waals surface area contributed by atoms with Crippen LogP contribution in [0.4, 0.5) is 30.4 Å². The summed E-state index contributed by atoms with van der Waals surface area (Å²) in [7, 11) is 0. The molecule has 0 fully saturated rings. The van der Waals surface area contributed by atoms with Crippen LogP contribution >= 0.6 is 11.6 Å². The number of aromatic nitrogens is 1. The van der Waals surface area contributed by atoms with Crippen LogP contribution in [0.1, 0.15) is 11.1 Å². The minimum absolute atomic E-state index is 0.00714. The van der Waals surface area contributed by atoms with Gasteiger partial charge >= 0.3 is 6.18 Å². The molecule has 0 saturated carbocycles. The van der Waals surface area contributed by atoms with Gasteiger partial charge in [0.05, 0.1) is 16.9 Å². The average Bonchev–Trinajstić information content (AvgIpc) is 2.33. The molecule has 2 rings (SSSR count). The zero-order valence-electron chi connectivity index (χ0n) is 10.4. The number of nitrogens with zero attached hydrogens (tertiary/aromatic N) is 1. The largest absolute Gasteiger partial charge is 0.418 e. The minimum Gasteiger partial charge on any atom is -0.396 e. The Morgan fingerprint density at radius 2 is 1.95 bits per heavy atom. The number of anilines is 3. The molecule has 1 heterocycles. The van der Waals surface area contributed by atoms with Crippen molar-refractivity contribution in [3.05, 3.63) is 46.6 Å². The third kappa shape index (κ3) is 3.14. The lowest BCUT2D eigenvalue weighted by molar-refractivity contribution is -0.136. The van der Waals surface area contributed by atoms with Gasteiger partial charge in [0.15, 0.2) is 5.82 Å². The highest BCUT2D eigenvalue weighted by molar-refractivity contribution is 6.30. The van der Waals surface area contributed by atoms with Crippen molar-refractivity contribution in [1.29, 1.82) is 0 Å². The molecule has 0 aliphatic rings. The third-order valence-corrected chi connectivity index (χ3v) is 2.83. The van der Waals surface area contributed by atoms with Crippen molar-refractivity contribution in [3.8, 4) is 0 Å². The van der Waals surface area contributed by atoms with Crippen LogP contribution < -0.4 is 11.1 Å². The van der Waals surface area contributed by atoms with Gasteiger partial charge < -0.3 is 11.1 Å². The van der Waals surface area contributed by atoms with E-state index in [2.05, 4.69) is 10.3 Å². The number of benzene rings is 1. The lowest BCUT2D eigenvalue weighted by Gasteiger charge is -2.15. The zero-order chi connectivity index (χ0) is 14.9. The first-order valence-corrected chi connectivity index (χ1v) is 6.01. The van der Waals surface area contributed by atoms with E-state index in [1.807, 2.05) is 0 Å². The molecule has 20 heavy (non-hydrogen) atoms. The molecule has 0 atom stereocenters. The maximum Gasteiger partial charge on any atom is 0.418 e. The number of rotatable bonds is 2. The standard InChI is InChI=1S/C13H11ClF3N3/c1-7-4-10(18)12(19-6-7)20-11-3-2-8(14)5-9(11)13(15,16)17/h2-6H,18H2,1H3,(H,19,20). The summed E-state index contributed by atoms with van der Waals surface area (Å²) in [4.78, 5) is 3.98. The van der Waals surface area contributed by atoms with Gasteiger partial charge in [0, 0.05) is 11.2 Å². The van der Waals surface area contributed by atoms with Crippen LogP contribution in [0, 0.1) is 6.92 Å². The van der Waals surface area contributed by atoms with Gasteiger partial charge in [-0.1, -0.05) is 11.6 Å². The quantitative estimate of drug-likeness (QED) is 0.865. The molecule has 0 radical (unpaired) electrons. The summed E-state index contributed by atoms with van der Waals surface area (Å²) in [6.45, 7) is 1.79. The first-order valence-electron chi connectivity index (χ1n) is 5.63. The molecule has 0 aliphatic heterocycles. The summed E-state index contributed by atoms with van der Waals surface area (Å²) in [6.07, 6.45) is -3.01. The van der Waals surface area contributed by atoms with Crippen molar-refractivity contribution < 1.29 is 13.2 Å². The Kier molecular flexibility index (Phi) is 3.76. The Hall–Kier alpha value is -1.95. The van der Waals surface area contributed by atoms with Gasteiger partial charge in [0.25, 0.3) is 0 Å². The number of nitrogens with one attached hydrogen (secondary N) is 1.